The molecule has 31 heavy (non-hydrogen) atoms. The highest BCUT2D eigenvalue weighted by atomic mass is 35.5. The number of carbonyl (C=O) groups excluding carboxylic acids is 2. The van der Waals surface area contributed by atoms with Crippen LogP contribution in [-0.4, -0.2) is 23.8 Å². The molecular weight excluding hydrogens is 437 g/mol. The van der Waals surface area contributed by atoms with Gasteiger partial charge in [0.15, 0.2) is 5.84 Å². The molecule has 1 unspecified atom stereocenters. The highest BCUT2D eigenvalue weighted by Gasteiger charge is 2.40. The number of carbonyl (C=O) groups is 2. The topological polar surface area (TPSA) is 71.0 Å². The van der Waals surface area contributed by atoms with Gasteiger partial charge in [0.05, 0.1) is 10.7 Å². The molecular formula is C23H17Cl2N3O3. The zero-order valence-electron chi connectivity index (χ0n) is 16.4. The molecule has 4 rings (SSSR count). The molecule has 0 bridgehead atoms. The maximum Gasteiger partial charge on any atom is 0.296 e. The molecule has 0 saturated heterocycles. The first-order chi connectivity index (χ1) is 14.9. The Balaban J connectivity index is 1.68. The highest BCUT2D eigenvalue weighted by Crippen LogP contribution is 2.32. The number of ether oxygens (including phenoxy) is 1. The second-order valence-electron chi connectivity index (χ2n) is 6.86. The Labute approximate surface area is 189 Å². The van der Waals surface area contributed by atoms with E-state index in [0.717, 1.165) is 10.6 Å². The van der Waals surface area contributed by atoms with Crippen LogP contribution in [0.4, 0.5) is 5.69 Å². The van der Waals surface area contributed by atoms with Crippen molar-refractivity contribution < 1.29 is 14.3 Å². The summed E-state index contributed by atoms with van der Waals surface area (Å²) in [7, 11) is 0. The summed E-state index contributed by atoms with van der Waals surface area (Å²) >= 11 is 12.3. The van der Waals surface area contributed by atoms with Gasteiger partial charge in [-0.15, -0.1) is 5.10 Å². The van der Waals surface area contributed by atoms with Crippen molar-refractivity contribution in [1.29, 1.82) is 0 Å². The van der Waals surface area contributed by atoms with Crippen molar-refractivity contribution >= 4 is 46.5 Å². The number of anilines is 1. The van der Waals surface area contributed by atoms with Gasteiger partial charge in [-0.05, 0) is 49.4 Å². The molecule has 1 atom stereocenters. The lowest BCUT2D eigenvalue weighted by Crippen LogP contribution is -2.44. The summed E-state index contributed by atoms with van der Waals surface area (Å²) in [6.07, 6.45) is -1.16. The third-order valence-electron chi connectivity index (χ3n) is 4.58. The van der Waals surface area contributed by atoms with Crippen LogP contribution in [0.1, 0.15) is 15.9 Å². The third kappa shape index (κ3) is 4.55. The second-order valence-corrected chi connectivity index (χ2v) is 7.71. The quantitative estimate of drug-likeness (QED) is 0.614. The molecule has 0 radical (unpaired) electrons. The van der Waals surface area contributed by atoms with E-state index in [1.165, 1.54) is 6.07 Å². The Morgan fingerprint density at radius 2 is 1.74 bits per heavy atom. The van der Waals surface area contributed by atoms with Gasteiger partial charge in [-0.2, -0.15) is 5.01 Å². The van der Waals surface area contributed by atoms with Gasteiger partial charge in [-0.3, -0.25) is 9.59 Å². The van der Waals surface area contributed by atoms with E-state index in [0.29, 0.717) is 22.0 Å². The van der Waals surface area contributed by atoms with Gasteiger partial charge in [-0.25, -0.2) is 0 Å². The molecule has 0 aromatic heterocycles. The first kappa shape index (κ1) is 20.9. The second kappa shape index (κ2) is 8.79. The molecule has 1 N–H and O–H groups in total. The number of halogens is 2. The van der Waals surface area contributed by atoms with Crippen molar-refractivity contribution in [2.24, 2.45) is 5.10 Å². The van der Waals surface area contributed by atoms with Crippen molar-refractivity contribution in [3.8, 4) is 5.75 Å². The van der Waals surface area contributed by atoms with Crippen molar-refractivity contribution in [3.63, 3.8) is 0 Å². The first-order valence-corrected chi connectivity index (χ1v) is 10.2. The molecule has 0 saturated carbocycles. The van der Waals surface area contributed by atoms with Crippen LogP contribution >= 0.6 is 23.2 Å². The Kier molecular flexibility index (Phi) is 5.93. The molecule has 0 spiro atoms. The van der Waals surface area contributed by atoms with Crippen LogP contribution in [-0.2, 0) is 4.79 Å². The average Bonchev–Trinajstić information content (AvgIpc) is 3.07. The van der Waals surface area contributed by atoms with Crippen LogP contribution in [0.3, 0.4) is 0 Å². The summed E-state index contributed by atoms with van der Waals surface area (Å²) in [5.74, 6) is -0.406. The zero-order chi connectivity index (χ0) is 22.0. The minimum absolute atomic E-state index is 0.0514. The molecule has 0 aliphatic carbocycles. The van der Waals surface area contributed by atoms with Crippen molar-refractivity contribution in [2.45, 2.75) is 13.0 Å². The molecule has 1 aliphatic rings. The van der Waals surface area contributed by atoms with E-state index in [1.807, 2.05) is 19.1 Å². The number of nitrogens with zero attached hydrogens (tertiary/aromatic N) is 2. The Hall–Kier alpha value is -3.35. The van der Waals surface area contributed by atoms with Gasteiger partial charge in [0.2, 0.25) is 6.10 Å². The predicted molar refractivity (Wildman–Crippen MR) is 121 cm³/mol. The maximum absolute atomic E-state index is 13.2. The number of aryl methyl sites for hydroxylation is 1. The van der Waals surface area contributed by atoms with Crippen LogP contribution in [0.15, 0.2) is 77.9 Å². The smallest absolute Gasteiger partial charge is 0.296 e. The number of hydrogen-bond acceptors (Lipinski definition) is 4. The SMILES string of the molecule is Cc1ccc(OC2C(=O)N(c3cc(Cl)ccc3Cl)N=C2NC(=O)c2ccccc2)cc1. The van der Waals surface area contributed by atoms with E-state index in [2.05, 4.69) is 10.4 Å². The lowest BCUT2D eigenvalue weighted by Gasteiger charge is -2.17. The monoisotopic (exact) mass is 453 g/mol. The van der Waals surface area contributed by atoms with Gasteiger partial charge in [0.25, 0.3) is 11.8 Å². The summed E-state index contributed by atoms with van der Waals surface area (Å²) in [6, 6.07) is 20.5. The Morgan fingerprint density at radius 3 is 2.45 bits per heavy atom. The number of benzene rings is 3. The van der Waals surface area contributed by atoms with Crippen LogP contribution in [0.25, 0.3) is 0 Å². The lowest BCUT2D eigenvalue weighted by molar-refractivity contribution is -0.121. The molecule has 0 fully saturated rings. The predicted octanol–water partition coefficient (Wildman–Crippen LogP) is 4.84. The molecule has 1 heterocycles. The van der Waals surface area contributed by atoms with Gasteiger partial charge in [0.1, 0.15) is 5.75 Å². The van der Waals surface area contributed by atoms with E-state index < -0.39 is 17.9 Å². The van der Waals surface area contributed by atoms with E-state index in [4.69, 9.17) is 27.9 Å². The number of hydrogen-bond donors (Lipinski definition) is 1. The molecule has 6 nitrogen and oxygen atoms in total. The van der Waals surface area contributed by atoms with Crippen molar-refractivity contribution in [1.82, 2.24) is 5.32 Å². The van der Waals surface area contributed by atoms with Crippen LogP contribution < -0.4 is 15.1 Å². The fourth-order valence-electron chi connectivity index (χ4n) is 2.99. The lowest BCUT2D eigenvalue weighted by atomic mass is 10.2. The summed E-state index contributed by atoms with van der Waals surface area (Å²) in [5.41, 5.74) is 1.76. The fourth-order valence-corrected chi connectivity index (χ4v) is 3.35. The largest absolute Gasteiger partial charge is 0.472 e. The first-order valence-electron chi connectivity index (χ1n) is 9.39. The normalized spacial score (nSPS) is 15.6. The van der Waals surface area contributed by atoms with Crippen LogP contribution in [0, 0.1) is 6.92 Å². The zero-order valence-corrected chi connectivity index (χ0v) is 17.9. The average molecular weight is 454 g/mol. The van der Waals surface area contributed by atoms with Crippen LogP contribution in [0.2, 0.25) is 10.0 Å². The third-order valence-corrected chi connectivity index (χ3v) is 5.13. The fraction of sp³-hybridized carbons (Fsp3) is 0.0870. The van der Waals surface area contributed by atoms with Gasteiger partial charge < -0.3 is 10.1 Å². The van der Waals surface area contributed by atoms with Gasteiger partial charge >= 0.3 is 0 Å². The number of hydrazone groups is 1. The minimum atomic E-state index is -1.16. The Morgan fingerprint density at radius 1 is 1.03 bits per heavy atom. The number of rotatable bonds is 4. The molecule has 1 aliphatic heterocycles. The van der Waals surface area contributed by atoms with Crippen molar-refractivity contribution in [2.75, 3.05) is 5.01 Å². The van der Waals surface area contributed by atoms with Gasteiger partial charge in [-0.1, -0.05) is 59.1 Å². The van der Waals surface area contributed by atoms with Crippen molar-refractivity contribution in [3.05, 3.63) is 94.0 Å². The summed E-state index contributed by atoms with van der Waals surface area (Å²) in [6.45, 7) is 1.94. The summed E-state index contributed by atoms with van der Waals surface area (Å²) in [5, 5.41) is 8.75. The summed E-state index contributed by atoms with van der Waals surface area (Å²) < 4.78 is 5.90. The maximum atomic E-state index is 13.2. The molecule has 3 aromatic carbocycles. The molecule has 156 valence electrons. The molecule has 8 heteroatoms. The number of amidine groups is 1. The van der Waals surface area contributed by atoms with E-state index >= 15 is 0 Å². The van der Waals surface area contributed by atoms with E-state index in [1.54, 1.807) is 54.6 Å². The van der Waals surface area contributed by atoms with E-state index in [9.17, 15) is 9.59 Å². The summed E-state index contributed by atoms with van der Waals surface area (Å²) in [4.78, 5) is 25.9. The minimum Gasteiger partial charge on any atom is -0.472 e. The molecule has 3 aromatic rings. The Bertz CT molecular complexity index is 1160. The number of amides is 2. The van der Waals surface area contributed by atoms with Gasteiger partial charge in [0, 0.05) is 10.6 Å². The standard InChI is InChI=1S/C23H17Cl2N3O3/c1-14-7-10-17(11-8-14)31-20-21(26-22(29)15-5-3-2-4-6-15)27-28(23(20)30)19-13-16(24)9-12-18(19)25/h2-13,20H,1H3,(H,26,27,29). The van der Waals surface area contributed by atoms with E-state index in [-0.39, 0.29) is 10.9 Å². The molecule has 2 amide bonds. The highest BCUT2D eigenvalue weighted by molar-refractivity contribution is 6.36. The number of nitrogens with one attached hydrogen (secondary N) is 1. The van der Waals surface area contributed by atoms with Crippen LogP contribution in [0.5, 0.6) is 5.75 Å².